The first kappa shape index (κ1) is 17.6. The number of nitrogens with one attached hydrogen (secondary N) is 1. The number of amides is 1. The summed E-state index contributed by atoms with van der Waals surface area (Å²) in [5, 5.41) is 14.1. The molecule has 0 heterocycles. The molecule has 0 saturated heterocycles. The Morgan fingerprint density at radius 3 is 2.62 bits per heavy atom. The normalized spacial score (nSPS) is 11.5. The number of nitro benzene ring substituents is 1. The Balaban J connectivity index is 2.12. The second-order valence-corrected chi connectivity index (χ2v) is 5.28. The topological polar surface area (TPSA) is 90.7 Å². The molecule has 1 unspecified atom stereocenters. The maximum Gasteiger partial charge on any atom is 0.296 e. The predicted octanol–water partition coefficient (Wildman–Crippen LogP) is 3.66. The van der Waals surface area contributed by atoms with E-state index < -0.39 is 16.9 Å². The quantitative estimate of drug-likeness (QED) is 0.634. The van der Waals surface area contributed by atoms with Crippen LogP contribution in [0.2, 0.25) is 5.02 Å². The fourth-order valence-corrected chi connectivity index (χ4v) is 2.11. The maximum atomic E-state index is 12.2. The van der Waals surface area contributed by atoms with Crippen molar-refractivity contribution in [1.82, 2.24) is 0 Å². The van der Waals surface area contributed by atoms with Crippen molar-refractivity contribution in [2.45, 2.75) is 13.0 Å². The molecule has 0 aliphatic heterocycles. The third-order valence-corrected chi connectivity index (χ3v) is 3.37. The fraction of sp³-hybridized carbons (Fsp3) is 0.188. The van der Waals surface area contributed by atoms with Crippen LogP contribution in [0.3, 0.4) is 0 Å². The standard InChI is InChI=1S/C16H15ClN2O5/c1-10(24-13-5-3-4-11(17)8-13)16(20)18-14-7-6-12(23-2)9-15(14)19(21)22/h3-10H,1-2H3,(H,18,20). The molecular weight excluding hydrogens is 336 g/mol. The van der Waals surface area contributed by atoms with Crippen molar-refractivity contribution in [2.75, 3.05) is 12.4 Å². The zero-order valence-electron chi connectivity index (χ0n) is 13.0. The molecule has 0 fully saturated rings. The monoisotopic (exact) mass is 350 g/mol. The third-order valence-electron chi connectivity index (χ3n) is 3.14. The summed E-state index contributed by atoms with van der Waals surface area (Å²) in [5.41, 5.74) is -0.204. The van der Waals surface area contributed by atoms with Crippen LogP contribution in [0.15, 0.2) is 42.5 Å². The molecule has 0 aromatic heterocycles. The molecule has 7 nitrogen and oxygen atoms in total. The average molecular weight is 351 g/mol. The zero-order valence-corrected chi connectivity index (χ0v) is 13.7. The Hall–Kier alpha value is -2.80. The minimum Gasteiger partial charge on any atom is -0.496 e. The van der Waals surface area contributed by atoms with E-state index in [-0.39, 0.29) is 11.4 Å². The van der Waals surface area contributed by atoms with Gasteiger partial charge in [0.1, 0.15) is 17.2 Å². The zero-order chi connectivity index (χ0) is 17.7. The van der Waals surface area contributed by atoms with Gasteiger partial charge in [0.15, 0.2) is 6.10 Å². The van der Waals surface area contributed by atoms with Gasteiger partial charge < -0.3 is 14.8 Å². The number of hydrogen-bond acceptors (Lipinski definition) is 5. The summed E-state index contributed by atoms with van der Waals surface area (Å²) in [6.45, 7) is 1.53. The van der Waals surface area contributed by atoms with Gasteiger partial charge >= 0.3 is 0 Å². The first-order valence-electron chi connectivity index (χ1n) is 6.96. The van der Waals surface area contributed by atoms with Crippen LogP contribution in [0, 0.1) is 10.1 Å². The van der Waals surface area contributed by atoms with E-state index in [1.165, 1.54) is 32.2 Å². The van der Waals surface area contributed by atoms with Crippen LogP contribution in [0.5, 0.6) is 11.5 Å². The highest BCUT2D eigenvalue weighted by Gasteiger charge is 2.21. The second-order valence-electron chi connectivity index (χ2n) is 4.85. The van der Waals surface area contributed by atoms with Crippen molar-refractivity contribution in [1.29, 1.82) is 0 Å². The first-order chi connectivity index (χ1) is 11.4. The van der Waals surface area contributed by atoms with Crippen LogP contribution in [-0.2, 0) is 4.79 Å². The lowest BCUT2D eigenvalue weighted by molar-refractivity contribution is -0.384. The van der Waals surface area contributed by atoms with Crippen LogP contribution >= 0.6 is 11.6 Å². The SMILES string of the molecule is COc1ccc(NC(=O)C(C)Oc2cccc(Cl)c2)c([N+](=O)[O-])c1. The molecule has 2 aromatic carbocycles. The van der Waals surface area contributed by atoms with E-state index in [9.17, 15) is 14.9 Å². The number of nitrogens with zero attached hydrogens (tertiary/aromatic N) is 1. The smallest absolute Gasteiger partial charge is 0.296 e. The van der Waals surface area contributed by atoms with Crippen LogP contribution in [0.25, 0.3) is 0 Å². The summed E-state index contributed by atoms with van der Waals surface area (Å²) in [6, 6.07) is 10.8. The van der Waals surface area contributed by atoms with Gasteiger partial charge in [-0.05, 0) is 37.3 Å². The molecule has 0 aliphatic carbocycles. The highest BCUT2D eigenvalue weighted by molar-refractivity contribution is 6.30. The van der Waals surface area contributed by atoms with Crippen LogP contribution in [0.1, 0.15) is 6.92 Å². The number of rotatable bonds is 6. The van der Waals surface area contributed by atoms with Gasteiger partial charge in [0, 0.05) is 5.02 Å². The Morgan fingerprint density at radius 1 is 1.25 bits per heavy atom. The van der Waals surface area contributed by atoms with E-state index in [2.05, 4.69) is 5.32 Å². The number of benzene rings is 2. The number of carbonyl (C=O) groups is 1. The van der Waals surface area contributed by atoms with Crippen molar-refractivity contribution in [3.05, 3.63) is 57.6 Å². The maximum absolute atomic E-state index is 12.2. The van der Waals surface area contributed by atoms with E-state index >= 15 is 0 Å². The van der Waals surface area contributed by atoms with Gasteiger partial charge in [-0.2, -0.15) is 0 Å². The Kier molecular flexibility index (Phi) is 5.59. The lowest BCUT2D eigenvalue weighted by Gasteiger charge is -2.15. The summed E-state index contributed by atoms with van der Waals surface area (Å²) < 4.78 is 10.4. The Morgan fingerprint density at radius 2 is 2.00 bits per heavy atom. The van der Waals surface area contributed by atoms with Crippen molar-refractivity contribution >= 4 is 28.9 Å². The van der Waals surface area contributed by atoms with Gasteiger partial charge in [0.05, 0.1) is 18.1 Å². The van der Waals surface area contributed by atoms with E-state index in [0.29, 0.717) is 16.5 Å². The molecule has 1 N–H and O–H groups in total. The molecule has 8 heteroatoms. The van der Waals surface area contributed by atoms with E-state index in [1.54, 1.807) is 24.3 Å². The van der Waals surface area contributed by atoms with Gasteiger partial charge in [-0.1, -0.05) is 17.7 Å². The molecule has 1 atom stereocenters. The van der Waals surface area contributed by atoms with Crippen molar-refractivity contribution in [3.63, 3.8) is 0 Å². The molecule has 2 rings (SSSR count). The number of ether oxygens (including phenoxy) is 2. The van der Waals surface area contributed by atoms with Crippen LogP contribution < -0.4 is 14.8 Å². The van der Waals surface area contributed by atoms with E-state index in [4.69, 9.17) is 21.1 Å². The Labute approximate surface area is 143 Å². The lowest BCUT2D eigenvalue weighted by Crippen LogP contribution is -2.30. The number of carbonyl (C=O) groups excluding carboxylic acids is 1. The highest BCUT2D eigenvalue weighted by atomic mass is 35.5. The number of nitro groups is 1. The molecule has 0 saturated carbocycles. The van der Waals surface area contributed by atoms with E-state index in [1.807, 2.05) is 0 Å². The minimum atomic E-state index is -0.870. The molecule has 0 aliphatic rings. The second kappa shape index (κ2) is 7.65. The molecule has 0 radical (unpaired) electrons. The minimum absolute atomic E-state index is 0.0624. The molecule has 1 amide bonds. The van der Waals surface area contributed by atoms with E-state index in [0.717, 1.165) is 0 Å². The van der Waals surface area contributed by atoms with Crippen molar-refractivity contribution < 1.29 is 19.2 Å². The summed E-state index contributed by atoms with van der Waals surface area (Å²) in [5.74, 6) is 0.223. The van der Waals surface area contributed by atoms with Crippen molar-refractivity contribution in [2.24, 2.45) is 0 Å². The number of anilines is 1. The lowest BCUT2D eigenvalue weighted by atomic mass is 10.2. The number of halogens is 1. The van der Waals surface area contributed by atoms with Crippen LogP contribution in [0.4, 0.5) is 11.4 Å². The van der Waals surface area contributed by atoms with Gasteiger partial charge in [-0.15, -0.1) is 0 Å². The number of hydrogen-bond donors (Lipinski definition) is 1. The molecule has 126 valence electrons. The first-order valence-corrected chi connectivity index (χ1v) is 7.34. The van der Waals surface area contributed by atoms with Crippen molar-refractivity contribution in [3.8, 4) is 11.5 Å². The third kappa shape index (κ3) is 4.36. The van der Waals surface area contributed by atoms with Gasteiger partial charge in [0.25, 0.3) is 11.6 Å². The average Bonchev–Trinajstić information content (AvgIpc) is 2.54. The largest absolute Gasteiger partial charge is 0.496 e. The molecular formula is C16H15ClN2O5. The van der Waals surface area contributed by atoms with Gasteiger partial charge in [-0.3, -0.25) is 14.9 Å². The number of methoxy groups -OCH3 is 1. The highest BCUT2D eigenvalue weighted by Crippen LogP contribution is 2.29. The fourth-order valence-electron chi connectivity index (χ4n) is 1.93. The summed E-state index contributed by atoms with van der Waals surface area (Å²) in [4.78, 5) is 22.7. The van der Waals surface area contributed by atoms with Gasteiger partial charge in [0.2, 0.25) is 0 Å². The summed E-state index contributed by atoms with van der Waals surface area (Å²) in [7, 11) is 1.40. The summed E-state index contributed by atoms with van der Waals surface area (Å²) in [6.07, 6.45) is -0.870. The van der Waals surface area contributed by atoms with Gasteiger partial charge in [-0.25, -0.2) is 0 Å². The molecule has 24 heavy (non-hydrogen) atoms. The Bertz CT molecular complexity index is 766. The molecule has 2 aromatic rings. The molecule has 0 bridgehead atoms. The summed E-state index contributed by atoms with van der Waals surface area (Å²) >= 11 is 5.85. The molecule has 0 spiro atoms. The van der Waals surface area contributed by atoms with Crippen LogP contribution in [-0.4, -0.2) is 24.0 Å². The predicted molar refractivity (Wildman–Crippen MR) is 89.8 cm³/mol.